The Kier molecular flexibility index (Phi) is 4.50. The zero-order valence-corrected chi connectivity index (χ0v) is 16.3. The average Bonchev–Trinajstić information content (AvgIpc) is 2.91. The number of β-amino-alcohol motifs (C(OH)–C–C–N with tert-alkyl or cyclic N) is 1. The van der Waals surface area contributed by atoms with E-state index in [1.165, 1.54) is 10.6 Å². The number of aromatic nitrogens is 1. The highest BCUT2D eigenvalue weighted by molar-refractivity contribution is 7.88. The zero-order valence-electron chi connectivity index (χ0n) is 15.5. The minimum absolute atomic E-state index is 0.0412. The van der Waals surface area contributed by atoms with Gasteiger partial charge in [0.25, 0.3) is 0 Å². The van der Waals surface area contributed by atoms with E-state index in [9.17, 15) is 13.5 Å². The number of rotatable bonds is 6. The van der Waals surface area contributed by atoms with Crippen LogP contribution in [-0.2, 0) is 21.3 Å². The van der Waals surface area contributed by atoms with Gasteiger partial charge in [-0.2, -0.15) is 4.31 Å². The molecule has 1 aromatic heterocycles. The van der Waals surface area contributed by atoms with Crippen molar-refractivity contribution in [2.24, 2.45) is 0 Å². The standard InChI is InChI=1S/C20H24N2O4S/c1-20(13-26-14-20)22(27(2,24)25)12-15(23)11-21-18-9-5-3-7-16(18)17-8-4-6-10-19(17)21/h3-10,15,23H,11-14H2,1-2H3. The predicted molar refractivity (Wildman–Crippen MR) is 106 cm³/mol. The second kappa shape index (κ2) is 6.60. The van der Waals surface area contributed by atoms with Crippen LogP contribution in [0.1, 0.15) is 6.92 Å². The number of ether oxygens (including phenoxy) is 1. The molecule has 1 saturated heterocycles. The summed E-state index contributed by atoms with van der Waals surface area (Å²) in [5, 5.41) is 13.0. The van der Waals surface area contributed by atoms with Gasteiger partial charge in [-0.3, -0.25) is 0 Å². The molecule has 0 radical (unpaired) electrons. The van der Waals surface area contributed by atoms with Gasteiger partial charge in [0, 0.05) is 28.4 Å². The molecule has 1 fully saturated rings. The Labute approximate surface area is 159 Å². The number of sulfonamides is 1. The van der Waals surface area contributed by atoms with Crippen LogP contribution >= 0.6 is 0 Å². The van der Waals surface area contributed by atoms with E-state index in [0.29, 0.717) is 19.8 Å². The summed E-state index contributed by atoms with van der Waals surface area (Å²) in [6, 6.07) is 16.1. The van der Waals surface area contributed by atoms with Crippen LogP contribution in [0, 0.1) is 0 Å². The number of nitrogens with zero attached hydrogens (tertiary/aromatic N) is 2. The van der Waals surface area contributed by atoms with Gasteiger partial charge in [-0.15, -0.1) is 0 Å². The molecule has 0 amide bonds. The molecule has 1 N–H and O–H groups in total. The number of fused-ring (bicyclic) bond motifs is 3. The third kappa shape index (κ3) is 3.25. The van der Waals surface area contributed by atoms with Crippen molar-refractivity contribution in [3.63, 3.8) is 0 Å². The van der Waals surface area contributed by atoms with Crippen LogP contribution in [0.25, 0.3) is 21.8 Å². The smallest absolute Gasteiger partial charge is 0.211 e. The average molecular weight is 388 g/mol. The first-order valence-electron chi connectivity index (χ1n) is 8.99. The van der Waals surface area contributed by atoms with Crippen LogP contribution in [0.2, 0.25) is 0 Å². The Morgan fingerprint density at radius 3 is 2.07 bits per heavy atom. The highest BCUT2D eigenvalue weighted by Gasteiger charge is 2.44. The van der Waals surface area contributed by atoms with Gasteiger partial charge in [0.05, 0.1) is 37.7 Å². The first-order valence-corrected chi connectivity index (χ1v) is 10.8. The van der Waals surface area contributed by atoms with Crippen LogP contribution in [0.4, 0.5) is 0 Å². The number of aliphatic hydroxyl groups excluding tert-OH is 1. The lowest BCUT2D eigenvalue weighted by Crippen LogP contribution is -2.63. The van der Waals surface area contributed by atoms with E-state index in [-0.39, 0.29) is 6.54 Å². The lowest BCUT2D eigenvalue weighted by atomic mass is 10.0. The van der Waals surface area contributed by atoms with Crippen LogP contribution in [0.15, 0.2) is 48.5 Å². The quantitative estimate of drug-likeness (QED) is 0.703. The summed E-state index contributed by atoms with van der Waals surface area (Å²) in [6.45, 7) is 2.91. The first-order chi connectivity index (χ1) is 12.8. The van der Waals surface area contributed by atoms with E-state index < -0.39 is 21.7 Å². The molecule has 4 rings (SSSR count). The van der Waals surface area contributed by atoms with Gasteiger partial charge in [-0.25, -0.2) is 8.42 Å². The lowest BCUT2D eigenvalue weighted by molar-refractivity contribution is -0.107. The predicted octanol–water partition coefficient (Wildman–Crippen LogP) is 2.21. The Bertz CT molecular complexity index is 1030. The molecule has 1 unspecified atom stereocenters. The fraction of sp³-hybridized carbons (Fsp3) is 0.400. The van der Waals surface area contributed by atoms with Crippen molar-refractivity contribution in [1.82, 2.24) is 8.87 Å². The summed E-state index contributed by atoms with van der Waals surface area (Å²) >= 11 is 0. The maximum atomic E-state index is 12.3. The van der Waals surface area contributed by atoms with Crippen molar-refractivity contribution >= 4 is 31.8 Å². The molecule has 2 aromatic carbocycles. The van der Waals surface area contributed by atoms with E-state index in [2.05, 4.69) is 16.7 Å². The number of hydrogen-bond acceptors (Lipinski definition) is 4. The molecule has 0 spiro atoms. The van der Waals surface area contributed by atoms with Gasteiger partial charge >= 0.3 is 0 Å². The summed E-state index contributed by atoms with van der Waals surface area (Å²) in [6.07, 6.45) is 0.348. The second-order valence-electron chi connectivity index (χ2n) is 7.58. The SMILES string of the molecule is CC1(N(CC(O)Cn2c3ccccc3c3ccccc32)S(C)(=O)=O)COC1. The van der Waals surface area contributed by atoms with E-state index in [0.717, 1.165) is 21.8 Å². The van der Waals surface area contributed by atoms with Gasteiger partial charge in [0.1, 0.15) is 0 Å². The van der Waals surface area contributed by atoms with E-state index in [1.54, 1.807) is 0 Å². The normalized spacial score (nSPS) is 18.1. The molecule has 6 nitrogen and oxygen atoms in total. The zero-order chi connectivity index (χ0) is 19.2. The second-order valence-corrected chi connectivity index (χ2v) is 9.49. The Balaban J connectivity index is 1.67. The van der Waals surface area contributed by atoms with Crippen LogP contribution in [-0.4, -0.2) is 60.1 Å². The Morgan fingerprint density at radius 2 is 1.63 bits per heavy atom. The molecule has 0 bridgehead atoms. The van der Waals surface area contributed by atoms with Gasteiger partial charge in [-0.1, -0.05) is 36.4 Å². The molecule has 7 heteroatoms. The largest absolute Gasteiger partial charge is 0.390 e. The molecule has 2 heterocycles. The summed E-state index contributed by atoms with van der Waals surface area (Å²) in [5.74, 6) is 0. The molecule has 0 aliphatic carbocycles. The Hall–Kier alpha value is -1.93. The van der Waals surface area contributed by atoms with Gasteiger partial charge in [0.15, 0.2) is 0 Å². The van der Waals surface area contributed by atoms with Crippen molar-refractivity contribution in [1.29, 1.82) is 0 Å². The fourth-order valence-corrected chi connectivity index (χ4v) is 5.31. The van der Waals surface area contributed by atoms with Gasteiger partial charge in [-0.05, 0) is 19.1 Å². The van der Waals surface area contributed by atoms with Gasteiger partial charge < -0.3 is 14.4 Å². The number of aliphatic hydroxyl groups is 1. The fourth-order valence-electron chi connectivity index (χ4n) is 3.96. The minimum atomic E-state index is -3.46. The Morgan fingerprint density at radius 1 is 1.11 bits per heavy atom. The number of para-hydroxylation sites is 2. The van der Waals surface area contributed by atoms with E-state index >= 15 is 0 Å². The first kappa shape index (κ1) is 18.4. The third-order valence-electron chi connectivity index (χ3n) is 5.28. The maximum Gasteiger partial charge on any atom is 0.211 e. The molecule has 1 aliphatic heterocycles. The summed E-state index contributed by atoms with van der Waals surface area (Å²) in [7, 11) is -3.46. The highest BCUT2D eigenvalue weighted by atomic mass is 32.2. The topological polar surface area (TPSA) is 71.8 Å². The summed E-state index contributed by atoms with van der Waals surface area (Å²) in [4.78, 5) is 0. The summed E-state index contributed by atoms with van der Waals surface area (Å²) in [5.41, 5.74) is 1.47. The van der Waals surface area contributed by atoms with Crippen LogP contribution < -0.4 is 0 Å². The van der Waals surface area contributed by atoms with Gasteiger partial charge in [0.2, 0.25) is 10.0 Å². The van der Waals surface area contributed by atoms with E-state index in [1.807, 2.05) is 43.3 Å². The molecule has 0 saturated carbocycles. The van der Waals surface area contributed by atoms with Crippen LogP contribution in [0.5, 0.6) is 0 Å². The molecule has 1 aliphatic rings. The van der Waals surface area contributed by atoms with Crippen molar-refractivity contribution < 1.29 is 18.3 Å². The molecule has 1 atom stereocenters. The van der Waals surface area contributed by atoms with Crippen molar-refractivity contribution in [3.05, 3.63) is 48.5 Å². The molecule has 144 valence electrons. The van der Waals surface area contributed by atoms with Crippen molar-refractivity contribution in [2.45, 2.75) is 25.1 Å². The number of benzene rings is 2. The molecular weight excluding hydrogens is 364 g/mol. The maximum absolute atomic E-state index is 12.3. The van der Waals surface area contributed by atoms with Crippen molar-refractivity contribution in [2.75, 3.05) is 26.0 Å². The van der Waals surface area contributed by atoms with Crippen LogP contribution in [0.3, 0.4) is 0 Å². The molecule has 27 heavy (non-hydrogen) atoms. The monoisotopic (exact) mass is 388 g/mol. The van der Waals surface area contributed by atoms with Crippen molar-refractivity contribution in [3.8, 4) is 0 Å². The summed E-state index contributed by atoms with van der Waals surface area (Å²) < 4.78 is 33.2. The lowest BCUT2D eigenvalue weighted by Gasteiger charge is -2.46. The number of hydrogen-bond donors (Lipinski definition) is 1. The van der Waals surface area contributed by atoms with E-state index in [4.69, 9.17) is 4.74 Å². The molecule has 3 aromatic rings. The highest BCUT2D eigenvalue weighted by Crippen LogP contribution is 2.30. The third-order valence-corrected chi connectivity index (χ3v) is 6.67. The minimum Gasteiger partial charge on any atom is -0.390 e. The molecular formula is C20H24N2O4S.